The Morgan fingerprint density at radius 1 is 1.22 bits per heavy atom. The van der Waals surface area contributed by atoms with Gasteiger partial charge in [0.2, 0.25) is 13.2 Å². The molecule has 0 aliphatic carbocycles. The summed E-state index contributed by atoms with van der Waals surface area (Å²) < 4.78 is 29.3. The minimum Gasteiger partial charge on any atom is -0.481 e. The third-order valence-corrected chi connectivity index (χ3v) is 5.39. The fourth-order valence-corrected chi connectivity index (χ4v) is 3.64. The zero-order valence-electron chi connectivity index (χ0n) is 15.5. The molecule has 0 amide bonds. The fraction of sp³-hybridized carbons (Fsp3) is 0.444. The first kappa shape index (κ1) is 21.3. The monoisotopic (exact) mass is 396 g/mol. The number of aryl methyl sites for hydroxylation is 1. The predicted molar refractivity (Wildman–Crippen MR) is 102 cm³/mol. The number of nitrogens with zero attached hydrogens (tertiary/aromatic N) is 2. The van der Waals surface area contributed by atoms with Gasteiger partial charge in [0, 0.05) is 25.5 Å². The van der Waals surface area contributed by atoms with Crippen LogP contribution in [0.3, 0.4) is 0 Å². The van der Waals surface area contributed by atoms with E-state index in [1.807, 2.05) is 30.3 Å². The van der Waals surface area contributed by atoms with E-state index >= 15 is 0 Å². The van der Waals surface area contributed by atoms with E-state index in [1.165, 1.54) is 25.0 Å². The quantitative estimate of drug-likeness (QED) is 0.578. The first-order valence-corrected chi connectivity index (χ1v) is 10.5. The van der Waals surface area contributed by atoms with Crippen LogP contribution in [0.2, 0.25) is 0 Å². The number of methoxy groups -OCH3 is 2. The lowest BCUT2D eigenvalue weighted by molar-refractivity contribution is 0.00565. The highest BCUT2D eigenvalue weighted by Gasteiger charge is 2.22. The molecule has 1 heterocycles. The number of rotatable bonds is 11. The van der Waals surface area contributed by atoms with E-state index in [1.54, 1.807) is 6.07 Å². The second-order valence-corrected chi connectivity index (χ2v) is 8.48. The van der Waals surface area contributed by atoms with Crippen LogP contribution in [0.4, 0.5) is 0 Å². The third kappa shape index (κ3) is 7.27. The standard InChI is InChI=1S/C18H25N2O6P/c1-24-13-16(12-20-10-8-17(25-2)19-18(20)21)26-14-27(22,23)11-9-15-6-4-3-5-7-15/h3-8,10,16H,9,11-14H2,1-2H3,(H,22,23)/t16-/m0/s1. The molecular weight excluding hydrogens is 371 g/mol. The highest BCUT2D eigenvalue weighted by Crippen LogP contribution is 2.41. The average Bonchev–Trinajstić information content (AvgIpc) is 2.67. The van der Waals surface area contributed by atoms with Crippen LogP contribution in [0.5, 0.6) is 5.88 Å². The second kappa shape index (κ2) is 10.4. The predicted octanol–water partition coefficient (Wildman–Crippen LogP) is 1.75. The molecule has 0 aliphatic rings. The Morgan fingerprint density at radius 3 is 2.59 bits per heavy atom. The Kier molecular flexibility index (Phi) is 8.19. The van der Waals surface area contributed by atoms with Gasteiger partial charge in [0.05, 0.1) is 26.4 Å². The molecule has 1 aromatic carbocycles. The van der Waals surface area contributed by atoms with Crippen LogP contribution >= 0.6 is 7.37 Å². The maximum Gasteiger partial charge on any atom is 0.350 e. The summed E-state index contributed by atoms with van der Waals surface area (Å²) in [4.78, 5) is 25.9. The van der Waals surface area contributed by atoms with Crippen LogP contribution in [-0.4, -0.2) is 53.9 Å². The fourth-order valence-electron chi connectivity index (χ4n) is 2.46. The highest BCUT2D eigenvalue weighted by molar-refractivity contribution is 7.57. The molecule has 0 bridgehead atoms. The van der Waals surface area contributed by atoms with E-state index in [4.69, 9.17) is 14.2 Å². The lowest BCUT2D eigenvalue weighted by Crippen LogP contribution is -2.32. The van der Waals surface area contributed by atoms with Gasteiger partial charge in [-0.25, -0.2) is 4.79 Å². The van der Waals surface area contributed by atoms with Gasteiger partial charge in [-0.05, 0) is 12.0 Å². The van der Waals surface area contributed by atoms with E-state index in [9.17, 15) is 14.3 Å². The van der Waals surface area contributed by atoms with Crippen molar-refractivity contribution in [2.24, 2.45) is 0 Å². The molecule has 0 saturated carbocycles. The van der Waals surface area contributed by atoms with Crippen molar-refractivity contribution < 1.29 is 23.7 Å². The molecule has 0 fully saturated rings. The van der Waals surface area contributed by atoms with Crippen LogP contribution in [-0.2, 0) is 27.0 Å². The van der Waals surface area contributed by atoms with Crippen LogP contribution in [0.15, 0.2) is 47.4 Å². The van der Waals surface area contributed by atoms with Crippen molar-refractivity contribution >= 4 is 7.37 Å². The summed E-state index contributed by atoms with van der Waals surface area (Å²) >= 11 is 0. The number of aromatic nitrogens is 2. The molecule has 2 rings (SSSR count). The van der Waals surface area contributed by atoms with Crippen LogP contribution < -0.4 is 10.4 Å². The van der Waals surface area contributed by atoms with Gasteiger partial charge in [0.25, 0.3) is 0 Å². The van der Waals surface area contributed by atoms with Gasteiger partial charge in [-0.1, -0.05) is 30.3 Å². The van der Waals surface area contributed by atoms with Crippen LogP contribution in [0.25, 0.3) is 0 Å². The molecule has 1 N–H and O–H groups in total. The zero-order valence-corrected chi connectivity index (χ0v) is 16.4. The van der Waals surface area contributed by atoms with Gasteiger partial charge in [-0.2, -0.15) is 4.98 Å². The lowest BCUT2D eigenvalue weighted by atomic mass is 10.2. The summed E-state index contributed by atoms with van der Waals surface area (Å²) in [6.45, 7) is 0.333. The van der Waals surface area contributed by atoms with E-state index in [2.05, 4.69) is 4.98 Å². The molecule has 1 unspecified atom stereocenters. The maximum absolute atomic E-state index is 12.4. The van der Waals surface area contributed by atoms with Crippen molar-refractivity contribution in [3.05, 3.63) is 58.6 Å². The van der Waals surface area contributed by atoms with Gasteiger partial charge in [-0.3, -0.25) is 9.13 Å². The minimum absolute atomic E-state index is 0.126. The molecule has 0 aliphatic heterocycles. The number of hydrogen-bond acceptors (Lipinski definition) is 6. The lowest BCUT2D eigenvalue weighted by Gasteiger charge is -2.20. The van der Waals surface area contributed by atoms with Gasteiger partial charge in [-0.15, -0.1) is 0 Å². The average molecular weight is 396 g/mol. The first-order valence-electron chi connectivity index (χ1n) is 8.50. The van der Waals surface area contributed by atoms with E-state index in [0.717, 1.165) is 5.56 Å². The Labute approximate surface area is 158 Å². The van der Waals surface area contributed by atoms with Gasteiger partial charge >= 0.3 is 5.69 Å². The summed E-state index contributed by atoms with van der Waals surface area (Å²) in [5.74, 6) is 0.223. The minimum atomic E-state index is -3.47. The van der Waals surface area contributed by atoms with Crippen molar-refractivity contribution in [1.29, 1.82) is 0 Å². The van der Waals surface area contributed by atoms with Crippen LogP contribution in [0.1, 0.15) is 5.56 Å². The van der Waals surface area contributed by atoms with E-state index < -0.39 is 19.2 Å². The van der Waals surface area contributed by atoms with E-state index in [0.29, 0.717) is 6.42 Å². The normalized spacial score (nSPS) is 14.5. The molecular formula is C18H25N2O6P. The van der Waals surface area contributed by atoms with Gasteiger partial charge in [0.1, 0.15) is 6.35 Å². The van der Waals surface area contributed by atoms with Gasteiger partial charge < -0.3 is 19.1 Å². The zero-order chi connectivity index (χ0) is 19.7. The molecule has 0 spiro atoms. The topological polar surface area (TPSA) is 99.9 Å². The van der Waals surface area contributed by atoms with Crippen molar-refractivity contribution in [2.75, 3.05) is 33.3 Å². The molecule has 2 atom stereocenters. The Balaban J connectivity index is 1.92. The number of hydrogen-bond donors (Lipinski definition) is 1. The molecule has 8 nitrogen and oxygen atoms in total. The SMILES string of the molecule is COC[C@H](Cn1ccc(OC)nc1=O)OCP(=O)(O)CCc1ccccc1. The largest absolute Gasteiger partial charge is 0.481 e. The molecule has 2 aromatic rings. The third-order valence-electron chi connectivity index (χ3n) is 3.92. The molecule has 148 valence electrons. The van der Waals surface area contributed by atoms with Crippen molar-refractivity contribution in [2.45, 2.75) is 19.1 Å². The number of ether oxygens (including phenoxy) is 3. The summed E-state index contributed by atoms with van der Waals surface area (Å²) in [6.07, 6.45) is 1.30. The van der Waals surface area contributed by atoms with E-state index in [-0.39, 0.29) is 31.5 Å². The molecule has 1 aromatic heterocycles. The Hall–Kier alpha value is -1.99. The molecule has 27 heavy (non-hydrogen) atoms. The van der Waals surface area contributed by atoms with Gasteiger partial charge in [0.15, 0.2) is 0 Å². The molecule has 0 radical (unpaired) electrons. The summed E-state index contributed by atoms with van der Waals surface area (Å²) in [7, 11) is -0.539. The van der Waals surface area contributed by atoms with Crippen molar-refractivity contribution in [3.8, 4) is 5.88 Å². The van der Waals surface area contributed by atoms with Crippen molar-refractivity contribution in [1.82, 2.24) is 9.55 Å². The first-order chi connectivity index (χ1) is 12.9. The van der Waals surface area contributed by atoms with Crippen LogP contribution in [0, 0.1) is 0 Å². The smallest absolute Gasteiger partial charge is 0.350 e. The highest BCUT2D eigenvalue weighted by atomic mass is 31.2. The molecule has 9 heteroatoms. The Morgan fingerprint density at radius 2 is 1.96 bits per heavy atom. The summed E-state index contributed by atoms with van der Waals surface area (Å²) in [5.41, 5.74) is 0.506. The summed E-state index contributed by atoms with van der Waals surface area (Å²) in [5, 5.41) is 0. The molecule has 0 saturated heterocycles. The second-order valence-electron chi connectivity index (χ2n) is 6.08. The summed E-state index contributed by atoms with van der Waals surface area (Å²) in [6, 6.07) is 11.1. The Bertz CT molecular complexity index is 811. The van der Waals surface area contributed by atoms with Crippen molar-refractivity contribution in [3.63, 3.8) is 0 Å². The number of benzene rings is 1. The maximum atomic E-state index is 12.4.